The van der Waals surface area contributed by atoms with Crippen LogP contribution in [-0.4, -0.2) is 27.1 Å². The minimum atomic E-state index is 0.00137. The van der Waals surface area contributed by atoms with Gasteiger partial charge in [-0.15, -0.1) is 0 Å². The van der Waals surface area contributed by atoms with E-state index in [1.807, 2.05) is 24.3 Å². The molecular formula is C18H26N4OS. The Morgan fingerprint density at radius 2 is 1.96 bits per heavy atom. The molecular weight excluding hydrogens is 320 g/mol. The molecule has 0 saturated heterocycles. The fourth-order valence-electron chi connectivity index (χ4n) is 2.38. The van der Waals surface area contributed by atoms with Crippen molar-refractivity contribution in [3.8, 4) is 0 Å². The minimum Gasteiger partial charge on any atom is -0.350 e. The van der Waals surface area contributed by atoms with Gasteiger partial charge in [-0.25, -0.2) is 4.98 Å². The van der Waals surface area contributed by atoms with Crippen LogP contribution in [0.2, 0.25) is 0 Å². The van der Waals surface area contributed by atoms with Gasteiger partial charge in [0, 0.05) is 17.4 Å². The standard InChI is InChI=1S/C18H26N4OS/c1-13(2)5-4-6-14(3)21-17(23)16-9-7-15(8-10-16)11-24-18-19-12-20-22-18/h7-10,12-14H,4-6,11H2,1-3H3,(H,21,23)(H,19,20,22). The van der Waals surface area contributed by atoms with Gasteiger partial charge < -0.3 is 5.32 Å². The number of H-pyrrole nitrogens is 1. The van der Waals surface area contributed by atoms with Gasteiger partial charge in [0.15, 0.2) is 5.16 Å². The van der Waals surface area contributed by atoms with Gasteiger partial charge in [-0.2, -0.15) is 5.10 Å². The maximum atomic E-state index is 12.3. The number of rotatable bonds is 9. The van der Waals surface area contributed by atoms with Crippen LogP contribution in [0.4, 0.5) is 0 Å². The van der Waals surface area contributed by atoms with Crippen molar-refractivity contribution in [3.63, 3.8) is 0 Å². The molecule has 1 unspecified atom stereocenters. The Labute approximate surface area is 148 Å². The van der Waals surface area contributed by atoms with E-state index < -0.39 is 0 Å². The zero-order valence-electron chi connectivity index (χ0n) is 14.6. The Bertz CT molecular complexity index is 610. The van der Waals surface area contributed by atoms with E-state index in [2.05, 4.69) is 41.3 Å². The second-order valence-electron chi connectivity index (χ2n) is 6.48. The molecule has 5 nitrogen and oxygen atoms in total. The van der Waals surface area contributed by atoms with Crippen LogP contribution in [0.1, 0.15) is 56.0 Å². The molecule has 1 aromatic heterocycles. The largest absolute Gasteiger partial charge is 0.350 e. The highest BCUT2D eigenvalue weighted by Crippen LogP contribution is 2.18. The molecule has 0 bridgehead atoms. The van der Waals surface area contributed by atoms with Crippen molar-refractivity contribution in [2.75, 3.05) is 0 Å². The van der Waals surface area contributed by atoms with Gasteiger partial charge in [0.05, 0.1) is 0 Å². The zero-order chi connectivity index (χ0) is 17.4. The maximum Gasteiger partial charge on any atom is 0.251 e. The summed E-state index contributed by atoms with van der Waals surface area (Å²) in [6.45, 7) is 6.53. The molecule has 0 spiro atoms. The fourth-order valence-corrected chi connectivity index (χ4v) is 3.11. The van der Waals surface area contributed by atoms with Crippen molar-refractivity contribution >= 4 is 17.7 Å². The number of aromatic amines is 1. The number of carbonyl (C=O) groups is 1. The molecule has 24 heavy (non-hydrogen) atoms. The number of nitrogens with one attached hydrogen (secondary N) is 2. The summed E-state index contributed by atoms with van der Waals surface area (Å²) >= 11 is 1.59. The molecule has 2 aromatic rings. The average molecular weight is 346 g/mol. The summed E-state index contributed by atoms with van der Waals surface area (Å²) < 4.78 is 0. The molecule has 1 heterocycles. The molecule has 0 aliphatic heterocycles. The number of thioether (sulfide) groups is 1. The summed E-state index contributed by atoms with van der Waals surface area (Å²) in [5.74, 6) is 1.51. The number of benzene rings is 1. The highest BCUT2D eigenvalue weighted by molar-refractivity contribution is 7.98. The lowest BCUT2D eigenvalue weighted by Gasteiger charge is -2.14. The number of amides is 1. The van der Waals surface area contributed by atoms with E-state index in [-0.39, 0.29) is 11.9 Å². The molecule has 1 atom stereocenters. The Morgan fingerprint density at radius 3 is 2.58 bits per heavy atom. The Balaban J connectivity index is 1.78. The van der Waals surface area contributed by atoms with Crippen LogP contribution >= 0.6 is 11.8 Å². The summed E-state index contributed by atoms with van der Waals surface area (Å²) in [7, 11) is 0. The molecule has 2 rings (SSSR count). The highest BCUT2D eigenvalue weighted by Gasteiger charge is 2.10. The first-order chi connectivity index (χ1) is 11.5. The van der Waals surface area contributed by atoms with E-state index in [1.54, 1.807) is 11.8 Å². The van der Waals surface area contributed by atoms with Crippen LogP contribution in [0.25, 0.3) is 0 Å². The third kappa shape index (κ3) is 6.35. The average Bonchev–Trinajstić information content (AvgIpc) is 3.06. The fraction of sp³-hybridized carbons (Fsp3) is 0.500. The quantitative estimate of drug-likeness (QED) is 0.672. The second-order valence-corrected chi connectivity index (χ2v) is 7.44. The SMILES string of the molecule is CC(C)CCCC(C)NC(=O)c1ccc(CSc2ncn[nH]2)cc1. The molecule has 0 radical (unpaired) electrons. The lowest BCUT2D eigenvalue weighted by atomic mass is 10.0. The molecule has 0 saturated carbocycles. The molecule has 0 aliphatic rings. The molecule has 130 valence electrons. The van der Waals surface area contributed by atoms with E-state index in [9.17, 15) is 4.79 Å². The maximum absolute atomic E-state index is 12.3. The molecule has 6 heteroatoms. The van der Waals surface area contributed by atoms with Gasteiger partial charge in [-0.1, -0.05) is 50.6 Å². The summed E-state index contributed by atoms with van der Waals surface area (Å²) in [6.07, 6.45) is 4.88. The van der Waals surface area contributed by atoms with Gasteiger partial charge >= 0.3 is 0 Å². The van der Waals surface area contributed by atoms with Crippen LogP contribution in [0.5, 0.6) is 0 Å². The number of nitrogens with zero attached hydrogens (tertiary/aromatic N) is 2. The van der Waals surface area contributed by atoms with Gasteiger partial charge in [0.25, 0.3) is 5.91 Å². The second kappa shape index (κ2) is 9.47. The summed E-state index contributed by atoms with van der Waals surface area (Å²) in [6, 6.07) is 7.94. The van der Waals surface area contributed by atoms with E-state index in [1.165, 1.54) is 12.7 Å². The van der Waals surface area contributed by atoms with Gasteiger partial charge in [-0.05, 0) is 37.0 Å². The van der Waals surface area contributed by atoms with E-state index in [0.29, 0.717) is 5.56 Å². The van der Waals surface area contributed by atoms with Crippen LogP contribution in [0, 0.1) is 5.92 Å². The van der Waals surface area contributed by atoms with Gasteiger partial charge in [0.2, 0.25) is 0 Å². The lowest BCUT2D eigenvalue weighted by Crippen LogP contribution is -2.32. The van der Waals surface area contributed by atoms with Crippen molar-refractivity contribution in [1.29, 1.82) is 0 Å². The molecule has 1 amide bonds. The first kappa shape index (κ1) is 18.5. The van der Waals surface area contributed by atoms with Crippen LogP contribution in [-0.2, 0) is 5.75 Å². The number of carbonyl (C=O) groups excluding carboxylic acids is 1. The van der Waals surface area contributed by atoms with E-state index >= 15 is 0 Å². The number of hydrogen-bond donors (Lipinski definition) is 2. The summed E-state index contributed by atoms with van der Waals surface area (Å²) in [5, 5.41) is 10.5. The smallest absolute Gasteiger partial charge is 0.251 e. The summed E-state index contributed by atoms with van der Waals surface area (Å²) in [5.41, 5.74) is 1.86. The Morgan fingerprint density at radius 1 is 1.21 bits per heavy atom. The minimum absolute atomic E-state index is 0.00137. The first-order valence-electron chi connectivity index (χ1n) is 8.42. The third-order valence-electron chi connectivity index (χ3n) is 3.78. The van der Waals surface area contributed by atoms with Crippen LogP contribution < -0.4 is 5.32 Å². The first-order valence-corrected chi connectivity index (χ1v) is 9.41. The topological polar surface area (TPSA) is 70.7 Å². The van der Waals surface area contributed by atoms with Crippen molar-refractivity contribution in [3.05, 3.63) is 41.7 Å². The zero-order valence-corrected chi connectivity index (χ0v) is 15.4. The predicted molar refractivity (Wildman–Crippen MR) is 98.0 cm³/mol. The molecule has 1 aromatic carbocycles. The van der Waals surface area contributed by atoms with E-state index in [0.717, 1.165) is 35.2 Å². The van der Waals surface area contributed by atoms with Crippen molar-refractivity contribution in [2.45, 2.75) is 57.0 Å². The van der Waals surface area contributed by atoms with Crippen LogP contribution in [0.3, 0.4) is 0 Å². The molecule has 2 N–H and O–H groups in total. The van der Waals surface area contributed by atoms with E-state index in [4.69, 9.17) is 0 Å². The van der Waals surface area contributed by atoms with Gasteiger partial charge in [0.1, 0.15) is 6.33 Å². The monoisotopic (exact) mass is 346 g/mol. The predicted octanol–water partition coefficient (Wildman–Crippen LogP) is 4.04. The van der Waals surface area contributed by atoms with Gasteiger partial charge in [-0.3, -0.25) is 9.89 Å². The van der Waals surface area contributed by atoms with Crippen molar-refractivity contribution in [1.82, 2.24) is 20.5 Å². The van der Waals surface area contributed by atoms with Crippen molar-refractivity contribution < 1.29 is 4.79 Å². The lowest BCUT2D eigenvalue weighted by molar-refractivity contribution is 0.0938. The Kier molecular flexibility index (Phi) is 7.31. The van der Waals surface area contributed by atoms with Crippen LogP contribution in [0.15, 0.2) is 35.7 Å². The third-order valence-corrected chi connectivity index (χ3v) is 4.73. The Hall–Kier alpha value is -1.82. The van der Waals surface area contributed by atoms with Crippen molar-refractivity contribution in [2.24, 2.45) is 5.92 Å². The molecule has 0 fully saturated rings. The normalized spacial score (nSPS) is 12.3. The highest BCUT2D eigenvalue weighted by atomic mass is 32.2. The number of hydrogen-bond acceptors (Lipinski definition) is 4. The summed E-state index contributed by atoms with van der Waals surface area (Å²) in [4.78, 5) is 16.3. The number of aromatic nitrogens is 3. The molecule has 0 aliphatic carbocycles.